The van der Waals surface area contributed by atoms with Crippen LogP contribution in [0.3, 0.4) is 0 Å². The minimum atomic E-state index is -0.0332. The Kier molecular flexibility index (Phi) is 5.41. The fourth-order valence-electron chi connectivity index (χ4n) is 2.93. The third-order valence-electron chi connectivity index (χ3n) is 4.29. The van der Waals surface area contributed by atoms with Gasteiger partial charge in [-0.25, -0.2) is 0 Å². The molecule has 0 aliphatic heterocycles. The van der Waals surface area contributed by atoms with Gasteiger partial charge < -0.3 is 10.0 Å². The Labute approximate surface area is 117 Å². The predicted octanol–water partition coefficient (Wildman–Crippen LogP) is 3.02. The lowest BCUT2D eigenvalue weighted by molar-refractivity contribution is 0.0978. The molecule has 19 heavy (non-hydrogen) atoms. The molecule has 0 aromatic heterocycles. The fourth-order valence-corrected chi connectivity index (χ4v) is 2.93. The molecule has 0 heterocycles. The van der Waals surface area contributed by atoms with E-state index in [1.54, 1.807) is 0 Å². The average Bonchev–Trinajstić information content (AvgIpc) is 2.41. The van der Waals surface area contributed by atoms with E-state index in [-0.39, 0.29) is 6.10 Å². The van der Waals surface area contributed by atoms with E-state index in [9.17, 15) is 5.11 Å². The second kappa shape index (κ2) is 7.06. The maximum absolute atomic E-state index is 9.52. The van der Waals surface area contributed by atoms with Crippen LogP contribution in [0.15, 0.2) is 24.3 Å². The van der Waals surface area contributed by atoms with Gasteiger partial charge in [-0.3, -0.25) is 0 Å². The highest BCUT2D eigenvalue weighted by Crippen LogP contribution is 2.24. The molecule has 1 fully saturated rings. The van der Waals surface area contributed by atoms with Crippen LogP contribution in [0.1, 0.15) is 36.8 Å². The van der Waals surface area contributed by atoms with Gasteiger partial charge in [0.25, 0.3) is 0 Å². The van der Waals surface area contributed by atoms with Crippen molar-refractivity contribution in [3.8, 4) is 0 Å². The van der Waals surface area contributed by atoms with E-state index in [1.165, 1.54) is 30.5 Å². The molecule has 0 amide bonds. The van der Waals surface area contributed by atoms with Crippen molar-refractivity contribution in [3.63, 3.8) is 0 Å². The topological polar surface area (TPSA) is 23.5 Å². The standard InChI is InChI=1S/C17H27NO/c1-14-3-5-15(6-4-14)11-12-18(2)13-16-7-9-17(19)10-8-16/h3-6,16-17,19H,7-13H2,1-2H3. The Morgan fingerprint density at radius 3 is 2.37 bits per heavy atom. The first-order valence-corrected chi connectivity index (χ1v) is 7.55. The molecular weight excluding hydrogens is 234 g/mol. The Morgan fingerprint density at radius 2 is 1.74 bits per heavy atom. The Bertz CT molecular complexity index is 365. The number of benzene rings is 1. The summed E-state index contributed by atoms with van der Waals surface area (Å²) in [4.78, 5) is 2.45. The molecule has 1 saturated carbocycles. The number of likely N-dealkylation sites (N-methyl/N-ethyl adjacent to an activating group) is 1. The van der Waals surface area contributed by atoms with Crippen LogP contribution in [-0.2, 0) is 6.42 Å². The molecule has 0 radical (unpaired) electrons. The van der Waals surface area contributed by atoms with Gasteiger partial charge in [-0.05, 0) is 57.6 Å². The highest BCUT2D eigenvalue weighted by molar-refractivity contribution is 5.21. The second-order valence-corrected chi connectivity index (χ2v) is 6.17. The van der Waals surface area contributed by atoms with Gasteiger partial charge in [0.15, 0.2) is 0 Å². The van der Waals surface area contributed by atoms with Gasteiger partial charge in [0.1, 0.15) is 0 Å². The summed E-state index contributed by atoms with van der Waals surface area (Å²) in [5.41, 5.74) is 2.76. The lowest BCUT2D eigenvalue weighted by Gasteiger charge is -2.29. The number of rotatable bonds is 5. The van der Waals surface area contributed by atoms with Gasteiger partial charge in [0, 0.05) is 13.1 Å². The number of hydrogen-bond donors (Lipinski definition) is 1. The number of aliphatic hydroxyl groups is 1. The van der Waals surface area contributed by atoms with Crippen LogP contribution in [0.2, 0.25) is 0 Å². The minimum Gasteiger partial charge on any atom is -0.393 e. The quantitative estimate of drug-likeness (QED) is 0.880. The molecule has 0 spiro atoms. The van der Waals surface area contributed by atoms with Gasteiger partial charge in [-0.2, -0.15) is 0 Å². The van der Waals surface area contributed by atoms with Crippen LogP contribution >= 0.6 is 0 Å². The normalized spacial score (nSPS) is 23.8. The summed E-state index contributed by atoms with van der Waals surface area (Å²) in [6, 6.07) is 8.86. The molecule has 2 nitrogen and oxygen atoms in total. The maximum atomic E-state index is 9.52. The summed E-state index contributed by atoms with van der Waals surface area (Å²) in [6.45, 7) is 4.44. The van der Waals surface area contributed by atoms with E-state index in [1.807, 2.05) is 0 Å². The first-order valence-electron chi connectivity index (χ1n) is 7.55. The third-order valence-corrected chi connectivity index (χ3v) is 4.29. The lowest BCUT2D eigenvalue weighted by atomic mass is 9.87. The van der Waals surface area contributed by atoms with E-state index in [0.717, 1.165) is 31.7 Å². The predicted molar refractivity (Wildman–Crippen MR) is 80.3 cm³/mol. The second-order valence-electron chi connectivity index (χ2n) is 6.17. The van der Waals surface area contributed by atoms with Crippen molar-refractivity contribution < 1.29 is 5.11 Å². The average molecular weight is 261 g/mol. The van der Waals surface area contributed by atoms with Gasteiger partial charge in [-0.15, -0.1) is 0 Å². The maximum Gasteiger partial charge on any atom is 0.0540 e. The zero-order valence-electron chi connectivity index (χ0n) is 12.3. The van der Waals surface area contributed by atoms with E-state index >= 15 is 0 Å². The Balaban J connectivity index is 1.69. The minimum absolute atomic E-state index is 0.0332. The van der Waals surface area contributed by atoms with E-state index < -0.39 is 0 Å². The summed E-state index contributed by atoms with van der Waals surface area (Å²) in [7, 11) is 2.22. The van der Waals surface area contributed by atoms with Crippen LogP contribution in [0.4, 0.5) is 0 Å². The zero-order chi connectivity index (χ0) is 13.7. The molecule has 1 N–H and O–H groups in total. The van der Waals surface area contributed by atoms with Crippen LogP contribution < -0.4 is 0 Å². The molecule has 0 unspecified atom stereocenters. The van der Waals surface area contributed by atoms with Crippen molar-refractivity contribution in [1.29, 1.82) is 0 Å². The summed E-state index contributed by atoms with van der Waals surface area (Å²) in [6.07, 6.45) is 5.47. The van der Waals surface area contributed by atoms with Crippen molar-refractivity contribution in [2.24, 2.45) is 5.92 Å². The molecule has 1 aromatic carbocycles. The van der Waals surface area contributed by atoms with Gasteiger partial charge >= 0.3 is 0 Å². The first-order chi connectivity index (χ1) is 9.13. The largest absolute Gasteiger partial charge is 0.393 e. The summed E-state index contributed by atoms with van der Waals surface area (Å²) in [5.74, 6) is 0.784. The Hall–Kier alpha value is -0.860. The molecule has 1 aliphatic carbocycles. The van der Waals surface area contributed by atoms with Crippen LogP contribution in [-0.4, -0.2) is 36.2 Å². The van der Waals surface area contributed by atoms with E-state index in [4.69, 9.17) is 0 Å². The molecule has 2 heteroatoms. The fraction of sp³-hybridized carbons (Fsp3) is 0.647. The van der Waals surface area contributed by atoms with Crippen molar-refractivity contribution >= 4 is 0 Å². The zero-order valence-corrected chi connectivity index (χ0v) is 12.3. The molecule has 1 aromatic rings. The van der Waals surface area contributed by atoms with Gasteiger partial charge in [-0.1, -0.05) is 29.8 Å². The van der Waals surface area contributed by atoms with Crippen LogP contribution in [0.25, 0.3) is 0 Å². The highest BCUT2D eigenvalue weighted by Gasteiger charge is 2.20. The summed E-state index contributed by atoms with van der Waals surface area (Å²) in [5, 5.41) is 9.52. The number of aliphatic hydroxyl groups excluding tert-OH is 1. The summed E-state index contributed by atoms with van der Waals surface area (Å²) >= 11 is 0. The molecule has 2 rings (SSSR count). The van der Waals surface area contributed by atoms with Crippen LogP contribution in [0, 0.1) is 12.8 Å². The molecule has 0 atom stereocenters. The van der Waals surface area contributed by atoms with Crippen molar-refractivity contribution in [1.82, 2.24) is 4.90 Å². The third kappa shape index (κ3) is 4.96. The van der Waals surface area contributed by atoms with Crippen molar-refractivity contribution in [2.75, 3.05) is 20.1 Å². The molecule has 1 aliphatic rings. The van der Waals surface area contributed by atoms with E-state index in [0.29, 0.717) is 0 Å². The monoisotopic (exact) mass is 261 g/mol. The molecule has 106 valence electrons. The first kappa shape index (κ1) is 14.5. The summed E-state index contributed by atoms with van der Waals surface area (Å²) < 4.78 is 0. The molecule has 0 bridgehead atoms. The lowest BCUT2D eigenvalue weighted by Crippen LogP contribution is -2.31. The van der Waals surface area contributed by atoms with Gasteiger partial charge in [0.2, 0.25) is 0 Å². The van der Waals surface area contributed by atoms with Crippen LogP contribution in [0.5, 0.6) is 0 Å². The Morgan fingerprint density at radius 1 is 1.11 bits per heavy atom. The number of hydrogen-bond acceptors (Lipinski definition) is 2. The van der Waals surface area contributed by atoms with Crippen molar-refractivity contribution in [2.45, 2.75) is 45.1 Å². The number of aryl methyl sites for hydroxylation is 1. The molecular formula is C17H27NO. The molecule has 0 saturated heterocycles. The van der Waals surface area contributed by atoms with Crippen molar-refractivity contribution in [3.05, 3.63) is 35.4 Å². The van der Waals surface area contributed by atoms with E-state index in [2.05, 4.69) is 43.1 Å². The smallest absolute Gasteiger partial charge is 0.0540 e. The van der Waals surface area contributed by atoms with Gasteiger partial charge in [0.05, 0.1) is 6.10 Å². The highest BCUT2D eigenvalue weighted by atomic mass is 16.3. The SMILES string of the molecule is Cc1ccc(CCN(C)CC2CCC(O)CC2)cc1. The number of nitrogens with zero attached hydrogens (tertiary/aromatic N) is 1.